The first-order chi connectivity index (χ1) is 7.74. The van der Waals surface area contributed by atoms with E-state index in [1.54, 1.807) is 0 Å². The summed E-state index contributed by atoms with van der Waals surface area (Å²) in [6.45, 7) is 2.19. The van der Waals surface area contributed by atoms with Crippen LogP contribution in [0.1, 0.15) is 37.8 Å². The number of ether oxygens (including phenoxy) is 1. The highest BCUT2D eigenvalue weighted by Gasteiger charge is 2.26. The van der Waals surface area contributed by atoms with Crippen LogP contribution in [0.4, 0.5) is 0 Å². The molecule has 2 atom stereocenters. The fraction of sp³-hybridized carbons (Fsp3) is 0.538. The predicted molar refractivity (Wildman–Crippen MR) is 67.2 cm³/mol. The third-order valence-corrected chi connectivity index (χ3v) is 3.33. The predicted octanol–water partition coefficient (Wildman–Crippen LogP) is 3.55. The van der Waals surface area contributed by atoms with Crippen molar-refractivity contribution in [2.75, 3.05) is 7.05 Å². The van der Waals surface area contributed by atoms with Crippen molar-refractivity contribution in [3.63, 3.8) is 0 Å². The third-order valence-electron chi connectivity index (χ3n) is 3.10. The Bertz CT molecular complexity index is 367. The maximum absolute atomic E-state index is 6.01. The van der Waals surface area contributed by atoms with E-state index in [0.29, 0.717) is 12.1 Å². The lowest BCUT2D eigenvalue weighted by molar-refractivity contribution is 0.142. The van der Waals surface area contributed by atoms with Gasteiger partial charge in [-0.25, -0.2) is 0 Å². The molecule has 1 heterocycles. The molecule has 0 radical (unpaired) electrons. The Hall–Kier alpha value is -0.730. The fourth-order valence-electron chi connectivity index (χ4n) is 2.29. The van der Waals surface area contributed by atoms with Gasteiger partial charge >= 0.3 is 0 Å². The number of hydrogen-bond acceptors (Lipinski definition) is 2. The number of benzene rings is 1. The van der Waals surface area contributed by atoms with Crippen molar-refractivity contribution >= 4 is 11.6 Å². The van der Waals surface area contributed by atoms with E-state index in [9.17, 15) is 0 Å². The van der Waals surface area contributed by atoms with Crippen LogP contribution in [0.2, 0.25) is 5.02 Å². The van der Waals surface area contributed by atoms with Crippen molar-refractivity contribution in [3.05, 3.63) is 28.8 Å². The molecule has 1 aromatic carbocycles. The molecule has 1 N–H and O–H groups in total. The van der Waals surface area contributed by atoms with E-state index in [1.807, 2.05) is 25.2 Å². The Kier molecular flexibility index (Phi) is 3.72. The first-order valence-corrected chi connectivity index (χ1v) is 6.25. The Morgan fingerprint density at radius 1 is 1.50 bits per heavy atom. The maximum atomic E-state index is 6.01. The summed E-state index contributed by atoms with van der Waals surface area (Å²) in [6.07, 6.45) is 3.62. The van der Waals surface area contributed by atoms with Crippen LogP contribution in [-0.2, 0) is 0 Å². The highest BCUT2D eigenvalue weighted by Crippen LogP contribution is 2.37. The van der Waals surface area contributed by atoms with Crippen molar-refractivity contribution in [2.45, 2.75) is 38.3 Å². The molecule has 1 aromatic rings. The van der Waals surface area contributed by atoms with Gasteiger partial charge in [-0.05, 0) is 31.7 Å². The zero-order valence-corrected chi connectivity index (χ0v) is 10.6. The van der Waals surface area contributed by atoms with E-state index in [-0.39, 0.29) is 0 Å². The number of rotatable bonds is 3. The largest absolute Gasteiger partial charge is 0.490 e. The molecule has 0 fully saturated rings. The van der Waals surface area contributed by atoms with Crippen molar-refractivity contribution in [2.24, 2.45) is 0 Å². The second-order valence-electron chi connectivity index (χ2n) is 4.29. The van der Waals surface area contributed by atoms with Crippen molar-refractivity contribution in [1.29, 1.82) is 0 Å². The molecule has 16 heavy (non-hydrogen) atoms. The lowest BCUT2D eigenvalue weighted by atomic mass is 9.95. The van der Waals surface area contributed by atoms with Gasteiger partial charge in [-0.2, -0.15) is 0 Å². The van der Waals surface area contributed by atoms with E-state index in [2.05, 4.69) is 12.2 Å². The number of nitrogens with one attached hydrogen (secondary N) is 1. The van der Waals surface area contributed by atoms with Gasteiger partial charge in [-0.15, -0.1) is 0 Å². The van der Waals surface area contributed by atoms with E-state index >= 15 is 0 Å². The quantitative estimate of drug-likeness (QED) is 0.871. The van der Waals surface area contributed by atoms with Gasteiger partial charge in [0.15, 0.2) is 0 Å². The molecule has 3 heteroatoms. The molecule has 0 aromatic heterocycles. The van der Waals surface area contributed by atoms with Crippen LogP contribution in [0.3, 0.4) is 0 Å². The topological polar surface area (TPSA) is 21.3 Å². The highest BCUT2D eigenvalue weighted by molar-refractivity contribution is 6.30. The second kappa shape index (κ2) is 5.07. The molecule has 0 saturated heterocycles. The SMILES string of the molecule is CCCC1CC(NC)c2cc(Cl)ccc2O1. The minimum Gasteiger partial charge on any atom is -0.490 e. The minimum atomic E-state index is 0.330. The normalized spacial score (nSPS) is 23.7. The van der Waals surface area contributed by atoms with Gasteiger partial charge in [-0.3, -0.25) is 0 Å². The van der Waals surface area contributed by atoms with Crippen molar-refractivity contribution in [1.82, 2.24) is 5.32 Å². The van der Waals surface area contributed by atoms with E-state index in [4.69, 9.17) is 16.3 Å². The average molecular weight is 240 g/mol. The second-order valence-corrected chi connectivity index (χ2v) is 4.72. The van der Waals surface area contributed by atoms with E-state index < -0.39 is 0 Å². The lowest BCUT2D eigenvalue weighted by Crippen LogP contribution is -2.31. The minimum absolute atomic E-state index is 0.330. The summed E-state index contributed by atoms with van der Waals surface area (Å²) in [5, 5.41) is 4.11. The van der Waals surface area contributed by atoms with Crippen LogP contribution in [0.5, 0.6) is 5.75 Å². The first kappa shape index (κ1) is 11.7. The van der Waals surface area contributed by atoms with Crippen LogP contribution < -0.4 is 10.1 Å². The van der Waals surface area contributed by atoms with E-state index in [0.717, 1.165) is 30.0 Å². The lowest BCUT2D eigenvalue weighted by Gasteiger charge is -2.32. The summed E-state index contributed by atoms with van der Waals surface area (Å²) in [5.41, 5.74) is 1.18. The average Bonchev–Trinajstić information content (AvgIpc) is 2.29. The summed E-state index contributed by atoms with van der Waals surface area (Å²) in [6, 6.07) is 6.23. The first-order valence-electron chi connectivity index (χ1n) is 5.88. The zero-order valence-electron chi connectivity index (χ0n) is 9.79. The van der Waals surface area contributed by atoms with Gasteiger partial charge in [0, 0.05) is 23.0 Å². The van der Waals surface area contributed by atoms with Crippen LogP contribution >= 0.6 is 11.6 Å². The van der Waals surface area contributed by atoms with E-state index in [1.165, 1.54) is 5.56 Å². The molecule has 2 rings (SSSR count). The smallest absolute Gasteiger partial charge is 0.124 e. The van der Waals surface area contributed by atoms with Gasteiger partial charge in [0.05, 0.1) is 0 Å². The summed E-state index contributed by atoms with van der Waals surface area (Å²) in [4.78, 5) is 0. The molecule has 2 nitrogen and oxygen atoms in total. The summed E-state index contributed by atoms with van der Waals surface area (Å²) in [5.74, 6) is 0.980. The molecule has 0 saturated carbocycles. The Labute approximate surface area is 102 Å². The molecule has 1 aliphatic rings. The van der Waals surface area contributed by atoms with Gasteiger partial charge in [0.2, 0.25) is 0 Å². The monoisotopic (exact) mass is 239 g/mol. The number of halogens is 1. The third kappa shape index (κ3) is 2.33. The van der Waals surface area contributed by atoms with Crippen molar-refractivity contribution in [3.8, 4) is 5.75 Å². The molecule has 0 spiro atoms. The molecule has 0 amide bonds. The molecule has 0 bridgehead atoms. The van der Waals surface area contributed by atoms with Crippen LogP contribution in [0.15, 0.2) is 18.2 Å². The summed E-state index contributed by atoms with van der Waals surface area (Å²) in [7, 11) is 1.99. The van der Waals surface area contributed by atoms with Crippen LogP contribution in [0.25, 0.3) is 0 Å². The molecule has 2 unspecified atom stereocenters. The standard InChI is InChI=1S/C13H18ClNO/c1-3-4-10-8-12(15-2)11-7-9(14)5-6-13(11)16-10/h5-7,10,12,15H,3-4,8H2,1-2H3. The fourth-order valence-corrected chi connectivity index (χ4v) is 2.47. The van der Waals surface area contributed by atoms with Crippen LogP contribution in [-0.4, -0.2) is 13.2 Å². The molecular weight excluding hydrogens is 222 g/mol. The number of hydrogen-bond donors (Lipinski definition) is 1. The van der Waals surface area contributed by atoms with Crippen molar-refractivity contribution < 1.29 is 4.74 Å². The zero-order chi connectivity index (χ0) is 11.5. The molecule has 1 aliphatic heterocycles. The summed E-state index contributed by atoms with van der Waals surface area (Å²) < 4.78 is 5.96. The molecular formula is C13H18ClNO. The Balaban J connectivity index is 2.27. The Morgan fingerprint density at radius 2 is 2.31 bits per heavy atom. The van der Waals surface area contributed by atoms with Gasteiger partial charge < -0.3 is 10.1 Å². The highest BCUT2D eigenvalue weighted by atomic mass is 35.5. The molecule has 0 aliphatic carbocycles. The van der Waals surface area contributed by atoms with Gasteiger partial charge in [-0.1, -0.05) is 24.9 Å². The van der Waals surface area contributed by atoms with Crippen LogP contribution in [0, 0.1) is 0 Å². The van der Waals surface area contributed by atoms with Gasteiger partial charge in [0.25, 0.3) is 0 Å². The summed E-state index contributed by atoms with van der Waals surface area (Å²) >= 11 is 6.01. The molecule has 88 valence electrons. The Morgan fingerprint density at radius 3 is 3.00 bits per heavy atom. The van der Waals surface area contributed by atoms with Gasteiger partial charge in [0.1, 0.15) is 11.9 Å². The number of fused-ring (bicyclic) bond motifs is 1. The maximum Gasteiger partial charge on any atom is 0.124 e.